The van der Waals surface area contributed by atoms with Gasteiger partial charge in [-0.25, -0.2) is 0 Å². The number of pyridine rings is 1. The number of carbonyl (C=O) groups is 1. The van der Waals surface area contributed by atoms with Crippen molar-refractivity contribution in [3.63, 3.8) is 0 Å². The van der Waals surface area contributed by atoms with Crippen molar-refractivity contribution in [2.45, 2.75) is 26.7 Å². The molecule has 1 aromatic carbocycles. The third-order valence-corrected chi connectivity index (χ3v) is 5.26. The minimum Gasteiger partial charge on any atom is -0.492 e. The lowest BCUT2D eigenvalue weighted by molar-refractivity contribution is -0.117. The largest absolute Gasteiger partial charge is 0.492 e. The number of rotatable bonds is 10. The number of allylic oxidation sites excluding steroid dienone is 1. The fourth-order valence-corrected chi connectivity index (χ4v) is 3.40. The molecular formula is C23H29ClN4O2. The SMILES string of the molecule is CN=C/C(=C\N)c1ccc(Cc2cc(C)c(OCCCN(C)C=O)c(Cl)c2C)cn1. The Kier molecular flexibility index (Phi) is 8.87. The molecule has 2 N–H and O–H groups in total. The van der Waals surface area contributed by atoms with Gasteiger partial charge >= 0.3 is 0 Å². The average Bonchev–Trinajstić information content (AvgIpc) is 2.75. The summed E-state index contributed by atoms with van der Waals surface area (Å²) in [6.07, 6.45) is 7.30. The first-order chi connectivity index (χ1) is 14.4. The maximum absolute atomic E-state index is 10.7. The average molecular weight is 429 g/mol. The number of carbonyl (C=O) groups excluding carboxylic acids is 1. The van der Waals surface area contributed by atoms with Gasteiger partial charge in [0.25, 0.3) is 0 Å². The number of nitrogens with two attached hydrogens (primary N) is 1. The molecule has 0 saturated heterocycles. The summed E-state index contributed by atoms with van der Waals surface area (Å²) in [5.74, 6) is 0.705. The van der Waals surface area contributed by atoms with Gasteiger partial charge in [0.2, 0.25) is 6.41 Å². The molecule has 7 heteroatoms. The molecule has 0 fully saturated rings. The van der Waals surface area contributed by atoms with Crippen LogP contribution < -0.4 is 10.5 Å². The van der Waals surface area contributed by atoms with Crippen molar-refractivity contribution >= 4 is 29.8 Å². The Morgan fingerprint density at radius 3 is 2.73 bits per heavy atom. The Morgan fingerprint density at radius 1 is 1.37 bits per heavy atom. The van der Waals surface area contributed by atoms with Gasteiger partial charge < -0.3 is 15.4 Å². The van der Waals surface area contributed by atoms with E-state index in [9.17, 15) is 4.79 Å². The van der Waals surface area contributed by atoms with Crippen molar-refractivity contribution in [2.75, 3.05) is 27.2 Å². The lowest BCUT2D eigenvalue weighted by Gasteiger charge is -2.17. The summed E-state index contributed by atoms with van der Waals surface area (Å²) in [6.45, 7) is 5.14. The number of ether oxygens (including phenoxy) is 1. The number of amides is 1. The maximum atomic E-state index is 10.7. The van der Waals surface area contributed by atoms with Gasteiger partial charge in [0, 0.05) is 44.8 Å². The number of aromatic nitrogens is 1. The van der Waals surface area contributed by atoms with Crippen LogP contribution in [0.2, 0.25) is 5.02 Å². The van der Waals surface area contributed by atoms with E-state index in [0.29, 0.717) is 30.3 Å². The van der Waals surface area contributed by atoms with Crippen LogP contribution in [-0.2, 0) is 11.2 Å². The van der Waals surface area contributed by atoms with Crippen molar-refractivity contribution in [2.24, 2.45) is 10.7 Å². The molecular weight excluding hydrogens is 400 g/mol. The highest BCUT2D eigenvalue weighted by molar-refractivity contribution is 6.33. The van der Waals surface area contributed by atoms with Crippen molar-refractivity contribution in [3.05, 3.63) is 63.6 Å². The zero-order chi connectivity index (χ0) is 22.1. The van der Waals surface area contributed by atoms with Crippen LogP contribution in [0.1, 0.15) is 34.4 Å². The lowest BCUT2D eigenvalue weighted by atomic mass is 9.98. The second-order valence-electron chi connectivity index (χ2n) is 7.15. The van der Waals surface area contributed by atoms with E-state index in [4.69, 9.17) is 22.1 Å². The summed E-state index contributed by atoms with van der Waals surface area (Å²) >= 11 is 6.62. The third kappa shape index (κ3) is 6.07. The van der Waals surface area contributed by atoms with Crippen LogP contribution in [0.5, 0.6) is 5.75 Å². The number of halogens is 1. The van der Waals surface area contributed by atoms with Gasteiger partial charge in [-0.05, 0) is 55.0 Å². The summed E-state index contributed by atoms with van der Waals surface area (Å²) in [5, 5.41) is 0.630. The third-order valence-electron chi connectivity index (χ3n) is 4.80. The van der Waals surface area contributed by atoms with Gasteiger partial charge in [-0.3, -0.25) is 14.8 Å². The van der Waals surface area contributed by atoms with Crippen molar-refractivity contribution < 1.29 is 9.53 Å². The van der Waals surface area contributed by atoms with E-state index in [1.165, 1.54) is 6.20 Å². The van der Waals surface area contributed by atoms with Crippen molar-refractivity contribution in [3.8, 4) is 5.75 Å². The van der Waals surface area contributed by atoms with Gasteiger partial charge in [0.15, 0.2) is 0 Å². The molecule has 1 amide bonds. The van der Waals surface area contributed by atoms with Crippen LogP contribution in [0.25, 0.3) is 5.57 Å². The topological polar surface area (TPSA) is 80.8 Å². The Labute approximate surface area is 183 Å². The van der Waals surface area contributed by atoms with Crippen LogP contribution in [0, 0.1) is 13.8 Å². The van der Waals surface area contributed by atoms with Crippen LogP contribution in [0.4, 0.5) is 0 Å². The lowest BCUT2D eigenvalue weighted by Crippen LogP contribution is -2.19. The summed E-state index contributed by atoms with van der Waals surface area (Å²) in [6, 6.07) is 6.08. The molecule has 30 heavy (non-hydrogen) atoms. The van der Waals surface area contributed by atoms with Crippen LogP contribution in [0.15, 0.2) is 35.6 Å². The smallest absolute Gasteiger partial charge is 0.209 e. The molecule has 0 spiro atoms. The molecule has 6 nitrogen and oxygen atoms in total. The fourth-order valence-electron chi connectivity index (χ4n) is 3.07. The van der Waals surface area contributed by atoms with Gasteiger partial charge in [0.05, 0.1) is 17.3 Å². The monoisotopic (exact) mass is 428 g/mol. The van der Waals surface area contributed by atoms with E-state index >= 15 is 0 Å². The van der Waals surface area contributed by atoms with Gasteiger partial charge in [-0.15, -0.1) is 0 Å². The Balaban J connectivity index is 2.12. The molecule has 0 aliphatic heterocycles. The highest BCUT2D eigenvalue weighted by Gasteiger charge is 2.14. The molecule has 0 radical (unpaired) electrons. The van der Waals surface area contributed by atoms with E-state index < -0.39 is 0 Å². The molecule has 2 aromatic rings. The number of aliphatic imine (C=N–C) groups is 1. The molecule has 0 aliphatic rings. The molecule has 2 rings (SSSR count). The summed E-state index contributed by atoms with van der Waals surface area (Å²) < 4.78 is 5.91. The van der Waals surface area contributed by atoms with Crippen molar-refractivity contribution in [1.82, 2.24) is 9.88 Å². The Hall–Kier alpha value is -2.86. The number of aryl methyl sites for hydroxylation is 1. The van der Waals surface area contributed by atoms with Gasteiger partial charge in [-0.2, -0.15) is 0 Å². The maximum Gasteiger partial charge on any atom is 0.209 e. The molecule has 160 valence electrons. The van der Waals surface area contributed by atoms with Gasteiger partial charge in [0.1, 0.15) is 5.75 Å². The summed E-state index contributed by atoms with van der Waals surface area (Å²) in [7, 11) is 3.44. The first kappa shape index (κ1) is 23.4. The fraction of sp³-hybridized carbons (Fsp3) is 0.348. The van der Waals surface area contributed by atoms with E-state index in [1.54, 1.807) is 25.2 Å². The highest BCUT2D eigenvalue weighted by Crippen LogP contribution is 2.35. The molecule has 0 unspecified atom stereocenters. The number of hydrogen-bond acceptors (Lipinski definition) is 5. The predicted molar refractivity (Wildman–Crippen MR) is 123 cm³/mol. The normalized spacial score (nSPS) is 11.7. The predicted octanol–water partition coefficient (Wildman–Crippen LogP) is 3.80. The van der Waals surface area contributed by atoms with E-state index in [-0.39, 0.29) is 0 Å². The number of nitrogens with zero attached hydrogens (tertiary/aromatic N) is 3. The van der Waals surface area contributed by atoms with Crippen LogP contribution in [-0.4, -0.2) is 49.8 Å². The molecule has 1 heterocycles. The molecule has 0 saturated carbocycles. The van der Waals surface area contributed by atoms with E-state index in [1.807, 2.05) is 32.2 Å². The van der Waals surface area contributed by atoms with E-state index in [0.717, 1.165) is 46.4 Å². The zero-order valence-corrected chi connectivity index (χ0v) is 18.7. The minimum atomic E-state index is 0.501. The zero-order valence-electron chi connectivity index (χ0n) is 18.0. The second-order valence-corrected chi connectivity index (χ2v) is 7.52. The molecule has 0 aliphatic carbocycles. The Morgan fingerprint density at radius 2 is 2.13 bits per heavy atom. The summed E-state index contributed by atoms with van der Waals surface area (Å²) in [4.78, 5) is 20.7. The van der Waals surface area contributed by atoms with Crippen LogP contribution in [0.3, 0.4) is 0 Å². The van der Waals surface area contributed by atoms with E-state index in [2.05, 4.69) is 16.0 Å². The van der Waals surface area contributed by atoms with Gasteiger partial charge in [-0.1, -0.05) is 23.7 Å². The summed E-state index contributed by atoms with van der Waals surface area (Å²) in [5.41, 5.74) is 11.4. The number of benzene rings is 1. The molecule has 0 bridgehead atoms. The van der Waals surface area contributed by atoms with Crippen molar-refractivity contribution in [1.29, 1.82) is 0 Å². The van der Waals surface area contributed by atoms with Crippen LogP contribution >= 0.6 is 11.6 Å². The molecule has 0 atom stereocenters. The minimum absolute atomic E-state index is 0.501. The first-order valence-corrected chi connectivity index (χ1v) is 10.1. The second kappa shape index (κ2) is 11.4. The quantitative estimate of drug-likeness (QED) is 0.354. The highest BCUT2D eigenvalue weighted by atomic mass is 35.5. The number of hydrogen-bond donors (Lipinski definition) is 1. The first-order valence-electron chi connectivity index (χ1n) is 9.77. The standard InChI is InChI=1S/C23H29ClN4O2/c1-16-10-19(11-18-6-7-21(27-13-18)20(12-25)14-26-3)17(2)22(24)23(16)30-9-5-8-28(4)15-29/h6-7,10,12-15H,5,8-9,11,25H2,1-4H3/b20-12+,26-14?. The Bertz CT molecular complexity index is 924. The molecule has 1 aromatic heterocycles.